The van der Waals surface area contributed by atoms with Crippen LogP contribution in [0.5, 0.6) is 11.5 Å². The maximum atomic E-state index is 12.0. The van der Waals surface area contributed by atoms with E-state index in [-0.39, 0.29) is 18.4 Å². The van der Waals surface area contributed by atoms with Crippen LogP contribution in [0.4, 0.5) is 0 Å². The molecule has 1 atom stereocenters. The lowest BCUT2D eigenvalue weighted by Gasteiger charge is -2.21. The molecule has 1 aromatic rings. The third-order valence-corrected chi connectivity index (χ3v) is 6.16. The van der Waals surface area contributed by atoms with Crippen molar-refractivity contribution in [2.24, 2.45) is 11.8 Å². The van der Waals surface area contributed by atoms with Gasteiger partial charge in [-0.1, -0.05) is 12.8 Å². The van der Waals surface area contributed by atoms with E-state index < -0.39 is 6.10 Å². The van der Waals surface area contributed by atoms with Gasteiger partial charge in [0.25, 0.3) is 0 Å². The van der Waals surface area contributed by atoms with Gasteiger partial charge in [0, 0.05) is 45.4 Å². The zero-order valence-corrected chi connectivity index (χ0v) is 19.6. The molecule has 0 bridgehead atoms. The van der Waals surface area contributed by atoms with Gasteiger partial charge >= 0.3 is 0 Å². The van der Waals surface area contributed by atoms with E-state index in [9.17, 15) is 9.90 Å². The Morgan fingerprint density at radius 1 is 1.00 bits per heavy atom. The van der Waals surface area contributed by atoms with E-state index in [0.717, 1.165) is 31.1 Å². The van der Waals surface area contributed by atoms with Gasteiger partial charge in [0.15, 0.2) is 0 Å². The molecule has 8 nitrogen and oxygen atoms in total. The number of ether oxygens (including phenoxy) is 4. The fraction of sp³-hybridized carbons (Fsp3) is 0.720. The number of carbonyl (C=O) groups is 1. The monoisotopic (exact) mass is 464 g/mol. The molecule has 1 aromatic carbocycles. The van der Waals surface area contributed by atoms with Crippen molar-refractivity contribution in [3.63, 3.8) is 0 Å². The van der Waals surface area contributed by atoms with Crippen LogP contribution in [-0.4, -0.2) is 76.4 Å². The van der Waals surface area contributed by atoms with Gasteiger partial charge in [-0.2, -0.15) is 0 Å². The van der Waals surface area contributed by atoms with Crippen LogP contribution in [0.1, 0.15) is 38.5 Å². The number of carbonyl (C=O) groups excluding carboxylic acids is 1. The van der Waals surface area contributed by atoms with Gasteiger partial charge < -0.3 is 34.7 Å². The smallest absolute Gasteiger partial charge is 0.223 e. The van der Waals surface area contributed by atoms with Gasteiger partial charge in [0.2, 0.25) is 5.91 Å². The summed E-state index contributed by atoms with van der Waals surface area (Å²) in [6.45, 7) is 5.03. The highest BCUT2D eigenvalue weighted by Gasteiger charge is 2.20. The van der Waals surface area contributed by atoms with Crippen LogP contribution in [0.2, 0.25) is 0 Å². The minimum absolute atomic E-state index is 0.0597. The van der Waals surface area contributed by atoms with Crippen molar-refractivity contribution in [1.82, 2.24) is 10.6 Å². The highest BCUT2D eigenvalue weighted by Crippen LogP contribution is 2.24. The average Bonchev–Trinajstić information content (AvgIpc) is 3.37. The zero-order valence-electron chi connectivity index (χ0n) is 19.6. The van der Waals surface area contributed by atoms with Crippen LogP contribution in [0, 0.1) is 11.8 Å². The molecule has 1 heterocycles. The fourth-order valence-corrected chi connectivity index (χ4v) is 4.18. The first-order valence-electron chi connectivity index (χ1n) is 12.4. The van der Waals surface area contributed by atoms with Crippen LogP contribution in [0.15, 0.2) is 24.3 Å². The second-order valence-electron chi connectivity index (χ2n) is 8.89. The zero-order chi connectivity index (χ0) is 23.1. The van der Waals surface area contributed by atoms with Gasteiger partial charge in [-0.05, 0) is 55.9 Å². The molecule has 2 fully saturated rings. The van der Waals surface area contributed by atoms with Crippen LogP contribution in [-0.2, 0) is 14.3 Å². The topological polar surface area (TPSA) is 98.3 Å². The molecule has 3 rings (SSSR count). The minimum Gasteiger partial charge on any atom is -0.491 e. The number of amides is 1. The average molecular weight is 465 g/mol. The first-order valence-corrected chi connectivity index (χ1v) is 12.4. The molecule has 0 spiro atoms. The van der Waals surface area contributed by atoms with E-state index in [1.54, 1.807) is 0 Å². The summed E-state index contributed by atoms with van der Waals surface area (Å²) >= 11 is 0. The van der Waals surface area contributed by atoms with E-state index in [1.165, 1.54) is 25.7 Å². The Kier molecular flexibility index (Phi) is 11.8. The molecule has 1 amide bonds. The van der Waals surface area contributed by atoms with Gasteiger partial charge in [0.05, 0.1) is 6.61 Å². The molecule has 1 aliphatic heterocycles. The van der Waals surface area contributed by atoms with E-state index in [1.807, 2.05) is 24.3 Å². The Hall–Kier alpha value is -1.87. The maximum Gasteiger partial charge on any atom is 0.223 e. The summed E-state index contributed by atoms with van der Waals surface area (Å²) in [6, 6.07) is 7.39. The Morgan fingerprint density at radius 3 is 2.42 bits per heavy atom. The van der Waals surface area contributed by atoms with Crippen LogP contribution in [0.3, 0.4) is 0 Å². The molecule has 33 heavy (non-hydrogen) atoms. The largest absolute Gasteiger partial charge is 0.491 e. The molecule has 3 N–H and O–H groups in total. The first kappa shape index (κ1) is 25.7. The highest BCUT2D eigenvalue weighted by atomic mass is 16.5. The number of aliphatic hydroxyl groups excluding tert-OH is 1. The molecule has 0 radical (unpaired) electrons. The van der Waals surface area contributed by atoms with E-state index >= 15 is 0 Å². The predicted octanol–water partition coefficient (Wildman–Crippen LogP) is 2.14. The molecule has 1 saturated carbocycles. The maximum absolute atomic E-state index is 12.0. The van der Waals surface area contributed by atoms with Crippen molar-refractivity contribution in [2.45, 2.75) is 44.6 Å². The second kappa shape index (κ2) is 15.1. The first-order chi connectivity index (χ1) is 16.2. The molecule has 186 valence electrons. The summed E-state index contributed by atoms with van der Waals surface area (Å²) in [4.78, 5) is 12.0. The lowest BCUT2D eigenvalue weighted by atomic mass is 9.99. The van der Waals surface area contributed by atoms with E-state index in [4.69, 9.17) is 18.9 Å². The van der Waals surface area contributed by atoms with Gasteiger partial charge in [-0.25, -0.2) is 0 Å². The summed E-state index contributed by atoms with van der Waals surface area (Å²) in [6.07, 6.45) is 6.20. The molecule has 0 unspecified atom stereocenters. The fourth-order valence-electron chi connectivity index (χ4n) is 4.18. The SMILES string of the molecule is O=C(NCCNC[C@H](O)COc1ccc(OCCOCC2CCCC2)cc1)C1CCOCC1. The van der Waals surface area contributed by atoms with Crippen molar-refractivity contribution >= 4 is 5.91 Å². The van der Waals surface area contributed by atoms with Crippen LogP contribution < -0.4 is 20.1 Å². The summed E-state index contributed by atoms with van der Waals surface area (Å²) in [5.41, 5.74) is 0. The number of aliphatic hydroxyl groups is 1. The number of hydrogen-bond acceptors (Lipinski definition) is 7. The van der Waals surface area contributed by atoms with Crippen molar-refractivity contribution in [3.8, 4) is 11.5 Å². The molecule has 1 saturated heterocycles. The van der Waals surface area contributed by atoms with Crippen molar-refractivity contribution in [3.05, 3.63) is 24.3 Å². The Labute approximate surface area is 197 Å². The predicted molar refractivity (Wildman–Crippen MR) is 126 cm³/mol. The number of hydrogen-bond donors (Lipinski definition) is 3. The lowest BCUT2D eigenvalue weighted by molar-refractivity contribution is -0.127. The lowest BCUT2D eigenvalue weighted by Crippen LogP contribution is -2.40. The van der Waals surface area contributed by atoms with Crippen molar-refractivity contribution in [1.29, 1.82) is 0 Å². The van der Waals surface area contributed by atoms with Gasteiger partial charge in [-0.3, -0.25) is 4.79 Å². The Bertz CT molecular complexity index is 659. The summed E-state index contributed by atoms with van der Waals surface area (Å²) in [5, 5.41) is 16.2. The molecular formula is C25H40N2O6. The molecule has 8 heteroatoms. The molecular weight excluding hydrogens is 424 g/mol. The number of nitrogens with one attached hydrogen (secondary N) is 2. The molecule has 2 aliphatic rings. The Balaban J connectivity index is 1.18. The second-order valence-corrected chi connectivity index (χ2v) is 8.89. The summed E-state index contributed by atoms with van der Waals surface area (Å²) < 4.78 is 22.3. The van der Waals surface area contributed by atoms with Crippen molar-refractivity contribution in [2.75, 3.05) is 59.3 Å². The highest BCUT2D eigenvalue weighted by molar-refractivity contribution is 5.78. The van der Waals surface area contributed by atoms with Gasteiger partial charge in [0.1, 0.15) is 30.8 Å². The van der Waals surface area contributed by atoms with Gasteiger partial charge in [-0.15, -0.1) is 0 Å². The van der Waals surface area contributed by atoms with E-state index in [2.05, 4.69) is 10.6 Å². The minimum atomic E-state index is -0.635. The summed E-state index contributed by atoms with van der Waals surface area (Å²) in [7, 11) is 0. The van der Waals surface area contributed by atoms with Crippen molar-refractivity contribution < 1.29 is 28.8 Å². The van der Waals surface area contributed by atoms with Crippen LogP contribution >= 0.6 is 0 Å². The standard InChI is InChI=1S/C25H40N2O6/c28-22(17-26-11-12-27-25(29)21-9-13-30-14-10-21)19-33-24-7-5-23(6-8-24)32-16-15-31-18-20-3-1-2-4-20/h5-8,20-22,26,28H,1-4,9-19H2,(H,27,29)/t22-/m0/s1. The third kappa shape index (κ3) is 10.3. The quantitative estimate of drug-likeness (QED) is 0.342. The van der Waals surface area contributed by atoms with E-state index in [0.29, 0.717) is 51.8 Å². The van der Waals surface area contributed by atoms with Crippen LogP contribution in [0.25, 0.3) is 0 Å². The molecule has 0 aromatic heterocycles. The normalized spacial score (nSPS) is 18.2. The number of benzene rings is 1. The third-order valence-electron chi connectivity index (χ3n) is 6.16. The summed E-state index contributed by atoms with van der Waals surface area (Å²) in [5.74, 6) is 2.34. The number of rotatable bonds is 15. The Morgan fingerprint density at radius 2 is 1.70 bits per heavy atom. The molecule has 1 aliphatic carbocycles.